The summed E-state index contributed by atoms with van der Waals surface area (Å²) in [5.74, 6) is 0.829. The van der Waals surface area contributed by atoms with Crippen LogP contribution in [0, 0.1) is 20.8 Å². The molecular formula is C23H20N2O2. The summed E-state index contributed by atoms with van der Waals surface area (Å²) >= 11 is 0. The van der Waals surface area contributed by atoms with Crippen LogP contribution in [0.5, 0.6) is 5.75 Å². The van der Waals surface area contributed by atoms with Crippen LogP contribution in [-0.4, -0.2) is 16.3 Å². The van der Waals surface area contributed by atoms with Gasteiger partial charge in [-0.1, -0.05) is 24.3 Å². The molecule has 0 amide bonds. The molecule has 1 heterocycles. The van der Waals surface area contributed by atoms with Gasteiger partial charge in [-0.2, -0.15) is 0 Å². The molecule has 27 heavy (non-hydrogen) atoms. The van der Waals surface area contributed by atoms with Gasteiger partial charge in [-0.15, -0.1) is 0 Å². The van der Waals surface area contributed by atoms with Gasteiger partial charge in [0.1, 0.15) is 11.3 Å². The topological polar surface area (TPSA) is 58.6 Å². The highest BCUT2D eigenvalue weighted by molar-refractivity contribution is 5.86. The van der Waals surface area contributed by atoms with Crippen LogP contribution in [0.25, 0.3) is 22.6 Å². The molecule has 0 bridgehead atoms. The van der Waals surface area contributed by atoms with E-state index in [1.165, 1.54) is 0 Å². The number of phenolic OH excluding ortho intramolecular Hbond substituents is 1. The number of rotatable bonds is 3. The number of aliphatic imine (C=N–C) groups is 1. The van der Waals surface area contributed by atoms with E-state index in [9.17, 15) is 5.11 Å². The number of para-hydroxylation sites is 1. The van der Waals surface area contributed by atoms with E-state index >= 15 is 0 Å². The molecular weight excluding hydrogens is 336 g/mol. The van der Waals surface area contributed by atoms with Crippen LogP contribution in [0.3, 0.4) is 0 Å². The number of benzene rings is 3. The quantitative estimate of drug-likeness (QED) is 0.467. The maximum atomic E-state index is 10.2. The summed E-state index contributed by atoms with van der Waals surface area (Å²) in [6.07, 6.45) is 1.68. The van der Waals surface area contributed by atoms with Crippen LogP contribution in [0.2, 0.25) is 0 Å². The van der Waals surface area contributed by atoms with Crippen molar-refractivity contribution in [3.63, 3.8) is 0 Å². The molecule has 4 rings (SSSR count). The first-order chi connectivity index (χ1) is 13.0. The van der Waals surface area contributed by atoms with E-state index in [4.69, 9.17) is 4.42 Å². The third-order valence-electron chi connectivity index (χ3n) is 4.61. The van der Waals surface area contributed by atoms with E-state index in [-0.39, 0.29) is 5.75 Å². The Hall–Kier alpha value is -3.40. The van der Waals surface area contributed by atoms with Gasteiger partial charge >= 0.3 is 0 Å². The van der Waals surface area contributed by atoms with E-state index in [1.807, 2.05) is 75.4 Å². The zero-order chi connectivity index (χ0) is 19.0. The third kappa shape index (κ3) is 3.34. The van der Waals surface area contributed by atoms with Gasteiger partial charge in [0.15, 0.2) is 5.58 Å². The molecule has 3 aromatic carbocycles. The molecule has 0 atom stereocenters. The number of fused-ring (bicyclic) bond motifs is 1. The summed E-state index contributed by atoms with van der Waals surface area (Å²) < 4.78 is 5.90. The molecule has 4 aromatic rings. The Morgan fingerprint density at radius 3 is 2.67 bits per heavy atom. The Balaban J connectivity index is 1.72. The molecule has 0 unspecified atom stereocenters. The van der Waals surface area contributed by atoms with Gasteiger partial charge in [-0.25, -0.2) is 4.98 Å². The Labute approximate surface area is 157 Å². The first-order valence-electron chi connectivity index (χ1n) is 8.82. The van der Waals surface area contributed by atoms with Gasteiger partial charge in [0.05, 0.1) is 5.69 Å². The predicted octanol–water partition coefficient (Wildman–Crippen LogP) is 5.88. The smallest absolute Gasteiger partial charge is 0.227 e. The zero-order valence-electron chi connectivity index (χ0n) is 15.5. The molecule has 0 saturated heterocycles. The fraction of sp³-hybridized carbons (Fsp3) is 0.130. The van der Waals surface area contributed by atoms with Crippen molar-refractivity contribution in [3.8, 4) is 17.2 Å². The van der Waals surface area contributed by atoms with Crippen molar-refractivity contribution in [3.05, 3.63) is 76.9 Å². The molecule has 0 aliphatic rings. The normalized spacial score (nSPS) is 11.5. The van der Waals surface area contributed by atoms with Gasteiger partial charge in [0.25, 0.3) is 0 Å². The minimum absolute atomic E-state index is 0.254. The maximum absolute atomic E-state index is 10.2. The number of hydrogen-bond donors (Lipinski definition) is 1. The number of aromatic nitrogens is 1. The fourth-order valence-electron chi connectivity index (χ4n) is 2.97. The summed E-state index contributed by atoms with van der Waals surface area (Å²) in [5, 5.41) is 10.2. The lowest BCUT2D eigenvalue weighted by Crippen LogP contribution is -1.86. The largest absolute Gasteiger partial charge is 0.507 e. The molecule has 1 N–H and O–H groups in total. The number of oxazole rings is 1. The Morgan fingerprint density at radius 1 is 0.963 bits per heavy atom. The molecule has 4 heteroatoms. The van der Waals surface area contributed by atoms with Gasteiger partial charge in [0.2, 0.25) is 5.89 Å². The Morgan fingerprint density at radius 2 is 1.81 bits per heavy atom. The second-order valence-corrected chi connectivity index (χ2v) is 6.76. The minimum Gasteiger partial charge on any atom is -0.507 e. The second-order valence-electron chi connectivity index (χ2n) is 6.76. The number of aromatic hydroxyl groups is 1. The fourth-order valence-corrected chi connectivity index (χ4v) is 2.97. The van der Waals surface area contributed by atoms with Crippen LogP contribution in [0.15, 0.2) is 64.0 Å². The summed E-state index contributed by atoms with van der Waals surface area (Å²) in [4.78, 5) is 9.18. The average molecular weight is 356 g/mol. The molecule has 0 spiro atoms. The van der Waals surface area contributed by atoms with E-state index in [0.29, 0.717) is 11.5 Å². The Kier molecular flexibility index (Phi) is 4.24. The van der Waals surface area contributed by atoms with Crippen LogP contribution in [-0.2, 0) is 0 Å². The molecule has 0 aliphatic heterocycles. The van der Waals surface area contributed by atoms with Crippen molar-refractivity contribution in [1.82, 2.24) is 4.98 Å². The predicted molar refractivity (Wildman–Crippen MR) is 109 cm³/mol. The highest BCUT2D eigenvalue weighted by Crippen LogP contribution is 2.30. The molecule has 0 aliphatic carbocycles. The highest BCUT2D eigenvalue weighted by atomic mass is 16.3. The first kappa shape index (κ1) is 17.0. The number of nitrogens with zero attached hydrogens (tertiary/aromatic N) is 2. The van der Waals surface area contributed by atoms with Crippen LogP contribution in [0.4, 0.5) is 5.69 Å². The monoisotopic (exact) mass is 356 g/mol. The summed E-state index contributed by atoms with van der Waals surface area (Å²) in [5.41, 5.74) is 7.00. The standard InChI is InChI=1S/C23H20N2O2/c1-14-7-10-21-20(11-14)25-23(27-21)17-9-8-15(2)19(12-17)24-13-18-6-4-5-16(3)22(18)26/h4-13,26H,1-3H3. The van der Waals surface area contributed by atoms with Gasteiger partial charge in [-0.3, -0.25) is 4.99 Å². The van der Waals surface area contributed by atoms with Crippen LogP contribution >= 0.6 is 0 Å². The maximum Gasteiger partial charge on any atom is 0.227 e. The minimum atomic E-state index is 0.254. The van der Waals surface area contributed by atoms with Crippen molar-refractivity contribution in [2.75, 3.05) is 0 Å². The lowest BCUT2D eigenvalue weighted by atomic mass is 10.1. The van der Waals surface area contributed by atoms with Crippen molar-refractivity contribution < 1.29 is 9.52 Å². The van der Waals surface area contributed by atoms with Crippen molar-refractivity contribution in [2.45, 2.75) is 20.8 Å². The van der Waals surface area contributed by atoms with Gasteiger partial charge in [0, 0.05) is 17.3 Å². The molecule has 4 nitrogen and oxygen atoms in total. The highest BCUT2D eigenvalue weighted by Gasteiger charge is 2.10. The van der Waals surface area contributed by atoms with Gasteiger partial charge < -0.3 is 9.52 Å². The molecule has 0 saturated carbocycles. The number of phenols is 1. The lowest BCUT2D eigenvalue weighted by molar-refractivity contribution is 0.470. The van der Waals surface area contributed by atoms with Crippen molar-refractivity contribution >= 4 is 23.0 Å². The van der Waals surface area contributed by atoms with Gasteiger partial charge in [-0.05, 0) is 67.8 Å². The number of hydrogen-bond acceptors (Lipinski definition) is 4. The Bertz CT molecular complexity index is 1170. The van der Waals surface area contributed by atoms with E-state index in [0.717, 1.165) is 39.0 Å². The second kappa shape index (κ2) is 6.72. The average Bonchev–Trinajstić information content (AvgIpc) is 3.07. The number of aryl methyl sites for hydroxylation is 3. The molecule has 0 radical (unpaired) electrons. The van der Waals surface area contributed by atoms with E-state index in [1.54, 1.807) is 6.21 Å². The summed E-state index contributed by atoms with van der Waals surface area (Å²) in [7, 11) is 0. The van der Waals surface area contributed by atoms with Crippen LogP contribution < -0.4 is 0 Å². The van der Waals surface area contributed by atoms with Crippen LogP contribution in [0.1, 0.15) is 22.3 Å². The summed E-state index contributed by atoms with van der Waals surface area (Å²) in [6, 6.07) is 17.5. The summed E-state index contributed by atoms with van der Waals surface area (Å²) in [6.45, 7) is 5.91. The molecule has 134 valence electrons. The van der Waals surface area contributed by atoms with E-state index < -0.39 is 0 Å². The van der Waals surface area contributed by atoms with E-state index in [2.05, 4.69) is 9.98 Å². The SMILES string of the molecule is Cc1ccc2oc(-c3ccc(C)c(N=Cc4cccc(C)c4O)c3)nc2c1. The molecule has 0 fully saturated rings. The zero-order valence-corrected chi connectivity index (χ0v) is 15.5. The lowest BCUT2D eigenvalue weighted by Gasteiger charge is -2.04. The molecule has 1 aromatic heterocycles. The first-order valence-corrected chi connectivity index (χ1v) is 8.82. The third-order valence-corrected chi connectivity index (χ3v) is 4.61. The van der Waals surface area contributed by atoms with Crippen molar-refractivity contribution in [2.24, 2.45) is 4.99 Å². The van der Waals surface area contributed by atoms with Crippen molar-refractivity contribution in [1.29, 1.82) is 0 Å².